The molecule has 0 bridgehead atoms. The van der Waals surface area contributed by atoms with Gasteiger partial charge in [-0.15, -0.1) is 0 Å². The molecule has 70 valence electrons. The summed E-state index contributed by atoms with van der Waals surface area (Å²) in [7, 11) is 0. The predicted molar refractivity (Wildman–Crippen MR) is 51.3 cm³/mol. The minimum Gasteiger partial charge on any atom is -0.373 e. The first-order valence-electron chi connectivity index (χ1n) is 4.61. The number of allylic oxidation sites excluding steroid dienone is 1. The highest BCUT2D eigenvalue weighted by Crippen LogP contribution is 2.15. The lowest BCUT2D eigenvalue weighted by atomic mass is 10.1. The van der Waals surface area contributed by atoms with E-state index in [9.17, 15) is 0 Å². The smallest absolute Gasteiger partial charge is 0.0753 e. The Balaban J connectivity index is 2.36. The third-order valence-electron chi connectivity index (χ3n) is 2.10. The third-order valence-corrected chi connectivity index (χ3v) is 2.10. The van der Waals surface area contributed by atoms with E-state index in [0.717, 1.165) is 26.2 Å². The summed E-state index contributed by atoms with van der Waals surface area (Å²) in [5.41, 5.74) is 0.0415. The Morgan fingerprint density at radius 2 is 2.25 bits per heavy atom. The molecule has 0 N–H and O–H groups in total. The molecule has 0 aromatic heterocycles. The Hall–Kier alpha value is -0.340. The van der Waals surface area contributed by atoms with Crippen molar-refractivity contribution in [3.8, 4) is 0 Å². The zero-order valence-corrected chi connectivity index (χ0v) is 8.34. The molecule has 1 aliphatic heterocycles. The van der Waals surface area contributed by atoms with Crippen LogP contribution in [0.4, 0.5) is 0 Å². The van der Waals surface area contributed by atoms with Gasteiger partial charge in [0, 0.05) is 19.6 Å². The molecule has 0 spiro atoms. The summed E-state index contributed by atoms with van der Waals surface area (Å²) in [6.07, 6.45) is 4.30. The summed E-state index contributed by atoms with van der Waals surface area (Å²) >= 11 is 0. The van der Waals surface area contributed by atoms with Crippen LogP contribution in [0.1, 0.15) is 20.8 Å². The molecule has 1 fully saturated rings. The average Bonchev–Trinajstić information content (AvgIpc) is 1.99. The summed E-state index contributed by atoms with van der Waals surface area (Å²) in [6.45, 7) is 10.4. The molecule has 0 unspecified atom stereocenters. The Labute approximate surface area is 75.2 Å². The topological polar surface area (TPSA) is 12.5 Å². The fourth-order valence-corrected chi connectivity index (χ4v) is 1.52. The molecule has 0 atom stereocenters. The molecule has 0 aromatic rings. The third kappa shape index (κ3) is 2.95. The maximum absolute atomic E-state index is 5.61. The number of ether oxygens (including phenoxy) is 1. The normalized spacial score (nSPS) is 24.9. The molecule has 1 rings (SSSR count). The van der Waals surface area contributed by atoms with Crippen LogP contribution in [0.3, 0.4) is 0 Å². The second-order valence-corrected chi connectivity index (χ2v) is 3.91. The van der Waals surface area contributed by atoms with Gasteiger partial charge in [-0.05, 0) is 20.8 Å². The van der Waals surface area contributed by atoms with Crippen LogP contribution in [-0.4, -0.2) is 36.7 Å². The Bertz CT molecular complexity index is 163. The van der Waals surface area contributed by atoms with E-state index >= 15 is 0 Å². The van der Waals surface area contributed by atoms with E-state index in [0.29, 0.717) is 0 Å². The van der Waals surface area contributed by atoms with Crippen molar-refractivity contribution in [3.63, 3.8) is 0 Å². The van der Waals surface area contributed by atoms with Gasteiger partial charge in [-0.2, -0.15) is 0 Å². The van der Waals surface area contributed by atoms with E-state index in [1.165, 1.54) is 0 Å². The van der Waals surface area contributed by atoms with E-state index in [1.807, 2.05) is 0 Å². The fraction of sp³-hybridized carbons (Fsp3) is 0.800. The van der Waals surface area contributed by atoms with Crippen LogP contribution in [0.5, 0.6) is 0 Å². The van der Waals surface area contributed by atoms with Gasteiger partial charge in [-0.25, -0.2) is 0 Å². The minimum atomic E-state index is 0.0415. The summed E-state index contributed by atoms with van der Waals surface area (Å²) in [5.74, 6) is 0. The highest BCUT2D eigenvalue weighted by Gasteiger charge is 2.25. The van der Waals surface area contributed by atoms with Gasteiger partial charge in [0.25, 0.3) is 0 Å². The molecule has 1 aliphatic rings. The molecule has 0 radical (unpaired) electrons. The van der Waals surface area contributed by atoms with Gasteiger partial charge in [-0.1, -0.05) is 12.2 Å². The zero-order chi connectivity index (χ0) is 9.03. The van der Waals surface area contributed by atoms with E-state index in [1.54, 1.807) is 0 Å². The van der Waals surface area contributed by atoms with Gasteiger partial charge in [-0.3, -0.25) is 4.90 Å². The number of morpholine rings is 1. The SMILES string of the molecule is C/C=C/CN1CCOC(C)(C)C1. The Kier molecular flexibility index (Phi) is 3.29. The van der Waals surface area contributed by atoms with Crippen LogP contribution in [0, 0.1) is 0 Å². The number of hydrogen-bond donors (Lipinski definition) is 0. The van der Waals surface area contributed by atoms with Gasteiger partial charge < -0.3 is 4.74 Å². The summed E-state index contributed by atoms with van der Waals surface area (Å²) in [5, 5.41) is 0. The van der Waals surface area contributed by atoms with Crippen molar-refractivity contribution < 1.29 is 4.74 Å². The molecule has 0 aromatic carbocycles. The zero-order valence-electron chi connectivity index (χ0n) is 8.34. The molecule has 0 aliphatic carbocycles. The first-order chi connectivity index (χ1) is 5.64. The molecule has 12 heavy (non-hydrogen) atoms. The molecule has 0 amide bonds. The van der Waals surface area contributed by atoms with Crippen LogP contribution in [0.15, 0.2) is 12.2 Å². The summed E-state index contributed by atoms with van der Waals surface area (Å²) in [6, 6.07) is 0. The van der Waals surface area contributed by atoms with Crippen LogP contribution in [0.2, 0.25) is 0 Å². The first-order valence-corrected chi connectivity index (χ1v) is 4.61. The van der Waals surface area contributed by atoms with Gasteiger partial charge in [0.05, 0.1) is 12.2 Å². The first kappa shape index (κ1) is 9.75. The highest BCUT2D eigenvalue weighted by molar-refractivity contribution is 4.86. The van der Waals surface area contributed by atoms with Crippen molar-refractivity contribution in [1.29, 1.82) is 0 Å². The van der Waals surface area contributed by atoms with Crippen molar-refractivity contribution in [2.45, 2.75) is 26.4 Å². The maximum atomic E-state index is 5.61. The van der Waals surface area contributed by atoms with Crippen LogP contribution >= 0.6 is 0 Å². The molecular weight excluding hydrogens is 150 g/mol. The van der Waals surface area contributed by atoms with Crippen LogP contribution in [-0.2, 0) is 4.74 Å². The van der Waals surface area contributed by atoms with Gasteiger partial charge in [0.1, 0.15) is 0 Å². The quantitative estimate of drug-likeness (QED) is 0.583. The van der Waals surface area contributed by atoms with Crippen molar-refractivity contribution in [2.75, 3.05) is 26.2 Å². The lowest BCUT2D eigenvalue weighted by Crippen LogP contribution is -2.48. The molecule has 1 heterocycles. The van der Waals surface area contributed by atoms with Crippen molar-refractivity contribution in [3.05, 3.63) is 12.2 Å². The van der Waals surface area contributed by atoms with E-state index in [4.69, 9.17) is 4.74 Å². The molecule has 2 nitrogen and oxygen atoms in total. The maximum Gasteiger partial charge on any atom is 0.0753 e. The fourth-order valence-electron chi connectivity index (χ4n) is 1.52. The van der Waals surface area contributed by atoms with Gasteiger partial charge in [0.2, 0.25) is 0 Å². The summed E-state index contributed by atoms with van der Waals surface area (Å²) in [4.78, 5) is 2.42. The van der Waals surface area contributed by atoms with Crippen molar-refractivity contribution in [1.82, 2.24) is 4.90 Å². The molecule has 2 heteroatoms. The number of nitrogens with zero attached hydrogens (tertiary/aromatic N) is 1. The monoisotopic (exact) mass is 169 g/mol. The molecular formula is C10H19NO. The number of hydrogen-bond acceptors (Lipinski definition) is 2. The highest BCUT2D eigenvalue weighted by atomic mass is 16.5. The predicted octanol–water partition coefficient (Wildman–Crippen LogP) is 1.67. The van der Waals surface area contributed by atoms with Crippen LogP contribution < -0.4 is 0 Å². The summed E-state index contributed by atoms with van der Waals surface area (Å²) < 4.78 is 5.61. The Morgan fingerprint density at radius 1 is 1.50 bits per heavy atom. The number of rotatable bonds is 2. The van der Waals surface area contributed by atoms with Gasteiger partial charge >= 0.3 is 0 Å². The largest absolute Gasteiger partial charge is 0.373 e. The minimum absolute atomic E-state index is 0.0415. The van der Waals surface area contributed by atoms with E-state index < -0.39 is 0 Å². The second kappa shape index (κ2) is 4.06. The Morgan fingerprint density at radius 3 is 2.83 bits per heavy atom. The van der Waals surface area contributed by atoms with Crippen molar-refractivity contribution >= 4 is 0 Å². The standard InChI is InChI=1S/C10H19NO/c1-4-5-6-11-7-8-12-10(2,3)9-11/h4-5H,6-9H2,1-3H3/b5-4+. The lowest BCUT2D eigenvalue weighted by molar-refractivity contribution is -0.0829. The van der Waals surface area contributed by atoms with Crippen LogP contribution in [0.25, 0.3) is 0 Å². The lowest BCUT2D eigenvalue weighted by Gasteiger charge is -2.37. The van der Waals surface area contributed by atoms with Gasteiger partial charge in [0.15, 0.2) is 0 Å². The van der Waals surface area contributed by atoms with E-state index in [2.05, 4.69) is 37.8 Å². The average molecular weight is 169 g/mol. The second-order valence-electron chi connectivity index (χ2n) is 3.91. The van der Waals surface area contributed by atoms with E-state index in [-0.39, 0.29) is 5.60 Å². The molecule has 1 saturated heterocycles. The van der Waals surface area contributed by atoms with Crippen molar-refractivity contribution in [2.24, 2.45) is 0 Å². The molecule has 0 saturated carbocycles.